The van der Waals surface area contributed by atoms with Crippen molar-refractivity contribution in [1.29, 1.82) is 0 Å². The average Bonchev–Trinajstić information content (AvgIpc) is 2.73. The van der Waals surface area contributed by atoms with Gasteiger partial charge in [-0.3, -0.25) is 0 Å². The number of fused-ring (bicyclic) bond motifs is 1. The van der Waals surface area contributed by atoms with Gasteiger partial charge in [0.2, 0.25) is 0 Å². The summed E-state index contributed by atoms with van der Waals surface area (Å²) in [5, 5.41) is 4.56. The summed E-state index contributed by atoms with van der Waals surface area (Å²) in [6.45, 7) is 5.73. The van der Waals surface area contributed by atoms with E-state index in [-0.39, 0.29) is 5.60 Å². The van der Waals surface area contributed by atoms with Crippen LogP contribution in [0.1, 0.15) is 19.4 Å². The normalized spacial score (nSPS) is 12.2. The van der Waals surface area contributed by atoms with Crippen molar-refractivity contribution in [3.05, 3.63) is 36.1 Å². The molecule has 1 heterocycles. The lowest BCUT2D eigenvalue weighted by Gasteiger charge is -2.23. The van der Waals surface area contributed by atoms with Crippen LogP contribution in [-0.4, -0.2) is 19.3 Å². The van der Waals surface area contributed by atoms with Gasteiger partial charge in [-0.1, -0.05) is 18.2 Å². The lowest BCUT2D eigenvalue weighted by Crippen LogP contribution is -2.36. The summed E-state index contributed by atoms with van der Waals surface area (Å²) < 4.78 is 10.8. The highest BCUT2D eigenvalue weighted by molar-refractivity contribution is 5.80. The number of nitrogens with one attached hydrogen (secondary N) is 1. The summed E-state index contributed by atoms with van der Waals surface area (Å²) in [6.07, 6.45) is 1.82. The minimum Gasteiger partial charge on any atom is -0.464 e. The quantitative estimate of drug-likeness (QED) is 0.862. The summed E-state index contributed by atoms with van der Waals surface area (Å²) >= 11 is 0. The maximum atomic E-state index is 5.49. The zero-order valence-electron chi connectivity index (χ0n) is 10.6. The van der Waals surface area contributed by atoms with E-state index in [1.807, 2.05) is 24.5 Å². The summed E-state index contributed by atoms with van der Waals surface area (Å²) in [4.78, 5) is 0. The average molecular weight is 233 g/mol. The molecule has 0 radical (unpaired) electrons. The highest BCUT2D eigenvalue weighted by Crippen LogP contribution is 2.20. The highest BCUT2D eigenvalue weighted by Gasteiger charge is 2.15. The van der Waals surface area contributed by atoms with Crippen LogP contribution in [0.2, 0.25) is 0 Å². The molecule has 1 N–H and O–H groups in total. The van der Waals surface area contributed by atoms with Gasteiger partial charge in [0.15, 0.2) is 0 Å². The zero-order valence-corrected chi connectivity index (χ0v) is 10.6. The fraction of sp³-hybridized carbons (Fsp3) is 0.429. The van der Waals surface area contributed by atoms with E-state index < -0.39 is 0 Å². The lowest BCUT2D eigenvalue weighted by atomic mass is 10.1. The molecular formula is C14H19NO2. The Labute approximate surface area is 102 Å². The third-order valence-electron chi connectivity index (χ3n) is 2.98. The number of hydrogen-bond donors (Lipinski definition) is 1. The van der Waals surface area contributed by atoms with Crippen LogP contribution in [0.5, 0.6) is 0 Å². The number of furan rings is 1. The molecule has 0 spiro atoms. The van der Waals surface area contributed by atoms with Crippen molar-refractivity contribution in [3.63, 3.8) is 0 Å². The van der Waals surface area contributed by atoms with Crippen LogP contribution in [0, 0.1) is 0 Å². The van der Waals surface area contributed by atoms with Crippen molar-refractivity contribution < 1.29 is 9.15 Å². The molecule has 0 aliphatic rings. The van der Waals surface area contributed by atoms with Crippen LogP contribution in [0.15, 0.2) is 34.9 Å². The third-order valence-corrected chi connectivity index (χ3v) is 2.98. The Bertz CT molecular complexity index is 488. The van der Waals surface area contributed by atoms with Crippen molar-refractivity contribution >= 4 is 11.0 Å². The maximum absolute atomic E-state index is 5.49. The van der Waals surface area contributed by atoms with Crippen LogP contribution in [0.4, 0.5) is 0 Å². The van der Waals surface area contributed by atoms with Gasteiger partial charge in [0.25, 0.3) is 0 Å². The van der Waals surface area contributed by atoms with Gasteiger partial charge in [-0.25, -0.2) is 0 Å². The number of ether oxygens (including phenoxy) is 1. The summed E-state index contributed by atoms with van der Waals surface area (Å²) in [5.74, 6) is 0. The number of hydrogen-bond acceptors (Lipinski definition) is 3. The van der Waals surface area contributed by atoms with Crippen LogP contribution in [0.25, 0.3) is 11.0 Å². The van der Waals surface area contributed by atoms with E-state index in [2.05, 4.69) is 25.2 Å². The van der Waals surface area contributed by atoms with E-state index in [1.165, 1.54) is 10.9 Å². The standard InChI is InChI=1S/C14H19NO2/c1-14(2,16-3)10-15-8-11-9-17-13-7-5-4-6-12(11)13/h4-7,9,15H,8,10H2,1-3H3. The Hall–Kier alpha value is -1.32. The third kappa shape index (κ3) is 2.87. The molecule has 0 amide bonds. The van der Waals surface area contributed by atoms with Crippen LogP contribution >= 0.6 is 0 Å². The summed E-state index contributed by atoms with van der Waals surface area (Å²) in [5.41, 5.74) is 1.99. The molecule has 1 aromatic heterocycles. The van der Waals surface area contributed by atoms with Gasteiger partial charge in [-0.2, -0.15) is 0 Å². The molecule has 2 aromatic rings. The maximum Gasteiger partial charge on any atom is 0.134 e. The predicted octanol–water partition coefficient (Wildman–Crippen LogP) is 2.95. The molecular weight excluding hydrogens is 214 g/mol. The molecule has 2 rings (SSSR count). The number of benzene rings is 1. The van der Waals surface area contributed by atoms with Crippen molar-refractivity contribution in [2.75, 3.05) is 13.7 Å². The van der Waals surface area contributed by atoms with Crippen LogP contribution < -0.4 is 5.32 Å². The van der Waals surface area contributed by atoms with E-state index >= 15 is 0 Å². The number of rotatable bonds is 5. The lowest BCUT2D eigenvalue weighted by molar-refractivity contribution is 0.0231. The summed E-state index contributed by atoms with van der Waals surface area (Å²) in [6, 6.07) is 8.08. The van der Waals surface area contributed by atoms with Crippen molar-refractivity contribution in [2.24, 2.45) is 0 Å². The Balaban J connectivity index is 2.00. The minimum absolute atomic E-state index is 0.139. The second kappa shape index (κ2) is 4.90. The first-order valence-electron chi connectivity index (χ1n) is 5.83. The topological polar surface area (TPSA) is 34.4 Å². The van der Waals surface area contributed by atoms with Gasteiger partial charge < -0.3 is 14.5 Å². The van der Waals surface area contributed by atoms with E-state index in [0.29, 0.717) is 0 Å². The fourth-order valence-electron chi connectivity index (χ4n) is 1.74. The van der Waals surface area contributed by atoms with Crippen molar-refractivity contribution in [2.45, 2.75) is 26.0 Å². The number of methoxy groups -OCH3 is 1. The molecule has 0 fully saturated rings. The Morgan fingerprint density at radius 3 is 2.82 bits per heavy atom. The van der Waals surface area contributed by atoms with Crippen LogP contribution in [0.3, 0.4) is 0 Å². The second-order valence-electron chi connectivity index (χ2n) is 4.82. The largest absolute Gasteiger partial charge is 0.464 e. The zero-order chi connectivity index (χ0) is 12.3. The molecule has 0 saturated carbocycles. The monoisotopic (exact) mass is 233 g/mol. The molecule has 0 aliphatic carbocycles. The molecule has 0 atom stereocenters. The number of para-hydroxylation sites is 1. The van der Waals surface area contributed by atoms with Gasteiger partial charge in [-0.15, -0.1) is 0 Å². The molecule has 1 aromatic carbocycles. The molecule has 3 heteroatoms. The Kier molecular flexibility index (Phi) is 3.50. The minimum atomic E-state index is -0.139. The first kappa shape index (κ1) is 12.1. The molecule has 0 aliphatic heterocycles. The SMILES string of the molecule is COC(C)(C)CNCc1coc2ccccc12. The second-order valence-corrected chi connectivity index (χ2v) is 4.82. The smallest absolute Gasteiger partial charge is 0.134 e. The molecule has 0 bridgehead atoms. The molecule has 0 saturated heterocycles. The molecule has 17 heavy (non-hydrogen) atoms. The summed E-state index contributed by atoms with van der Waals surface area (Å²) in [7, 11) is 1.73. The van der Waals surface area contributed by atoms with E-state index in [1.54, 1.807) is 7.11 Å². The van der Waals surface area contributed by atoms with Gasteiger partial charge in [0.1, 0.15) is 5.58 Å². The first-order valence-corrected chi connectivity index (χ1v) is 5.83. The van der Waals surface area contributed by atoms with Gasteiger partial charge in [0, 0.05) is 31.1 Å². The van der Waals surface area contributed by atoms with E-state index in [9.17, 15) is 0 Å². The van der Waals surface area contributed by atoms with Gasteiger partial charge >= 0.3 is 0 Å². The molecule has 0 unspecified atom stereocenters. The van der Waals surface area contributed by atoms with Crippen molar-refractivity contribution in [1.82, 2.24) is 5.32 Å². The van der Waals surface area contributed by atoms with Crippen LogP contribution in [-0.2, 0) is 11.3 Å². The van der Waals surface area contributed by atoms with Gasteiger partial charge in [-0.05, 0) is 19.9 Å². The first-order chi connectivity index (χ1) is 8.12. The fourth-order valence-corrected chi connectivity index (χ4v) is 1.74. The van der Waals surface area contributed by atoms with Gasteiger partial charge in [0.05, 0.1) is 11.9 Å². The molecule has 3 nitrogen and oxygen atoms in total. The van der Waals surface area contributed by atoms with E-state index in [4.69, 9.17) is 9.15 Å². The van der Waals surface area contributed by atoms with Crippen molar-refractivity contribution in [3.8, 4) is 0 Å². The predicted molar refractivity (Wildman–Crippen MR) is 69.0 cm³/mol. The Morgan fingerprint density at radius 2 is 2.06 bits per heavy atom. The molecule has 92 valence electrons. The van der Waals surface area contributed by atoms with E-state index in [0.717, 1.165) is 18.7 Å². The Morgan fingerprint density at radius 1 is 1.29 bits per heavy atom. The highest BCUT2D eigenvalue weighted by atomic mass is 16.5.